The van der Waals surface area contributed by atoms with Crippen LogP contribution in [0.25, 0.3) is 0 Å². The number of nitrogens with one attached hydrogen (secondary N) is 1. The van der Waals surface area contributed by atoms with Crippen LogP contribution in [0.2, 0.25) is 0 Å². The second-order valence-electron chi connectivity index (χ2n) is 4.22. The molecule has 1 saturated heterocycles. The molecule has 72 valence electrons. The molecule has 1 rings (SSSR count). The fraction of sp³-hybridized carbons (Fsp3) is 1.00. The van der Waals surface area contributed by atoms with E-state index < -0.39 is 0 Å². The van der Waals surface area contributed by atoms with Gasteiger partial charge in [-0.1, -0.05) is 6.92 Å². The van der Waals surface area contributed by atoms with Gasteiger partial charge in [0.15, 0.2) is 0 Å². The Morgan fingerprint density at radius 2 is 2.17 bits per heavy atom. The van der Waals surface area contributed by atoms with Crippen LogP contribution in [0.4, 0.5) is 0 Å². The molecule has 0 radical (unpaired) electrons. The molecule has 2 heteroatoms. The Morgan fingerprint density at radius 3 is 2.58 bits per heavy atom. The smallest absolute Gasteiger partial charge is 0.0191 e. The van der Waals surface area contributed by atoms with E-state index in [1.54, 1.807) is 0 Å². The lowest BCUT2D eigenvalue weighted by atomic mass is 9.90. The zero-order valence-corrected chi connectivity index (χ0v) is 8.69. The summed E-state index contributed by atoms with van der Waals surface area (Å²) in [6, 6.07) is 0. The van der Waals surface area contributed by atoms with E-state index in [-0.39, 0.29) is 0 Å². The summed E-state index contributed by atoms with van der Waals surface area (Å²) in [4.78, 5) is 2.28. The second-order valence-corrected chi connectivity index (χ2v) is 4.22. The van der Waals surface area contributed by atoms with Gasteiger partial charge in [0.05, 0.1) is 0 Å². The van der Waals surface area contributed by atoms with E-state index in [0.29, 0.717) is 5.54 Å². The Morgan fingerprint density at radius 1 is 1.42 bits per heavy atom. The summed E-state index contributed by atoms with van der Waals surface area (Å²) in [5.41, 5.74) is 0.476. The van der Waals surface area contributed by atoms with Gasteiger partial charge in [-0.25, -0.2) is 0 Å². The topological polar surface area (TPSA) is 15.3 Å². The summed E-state index contributed by atoms with van der Waals surface area (Å²) >= 11 is 0. The minimum atomic E-state index is 0.476. The third-order valence-electron chi connectivity index (χ3n) is 3.05. The zero-order chi connectivity index (χ0) is 9.03. The van der Waals surface area contributed by atoms with Crippen molar-refractivity contribution in [1.82, 2.24) is 10.2 Å². The Labute approximate surface area is 76.3 Å². The minimum Gasteiger partial charge on any atom is -0.311 e. The summed E-state index contributed by atoms with van der Waals surface area (Å²) in [6.07, 6.45) is 5.32. The molecule has 0 aromatic rings. The summed E-state index contributed by atoms with van der Waals surface area (Å²) < 4.78 is 0. The Balaban J connectivity index is 2.34. The number of rotatable bonds is 4. The normalized spacial score (nSPS) is 30.0. The molecule has 1 aliphatic heterocycles. The first-order valence-electron chi connectivity index (χ1n) is 5.08. The van der Waals surface area contributed by atoms with E-state index in [4.69, 9.17) is 0 Å². The molecule has 1 unspecified atom stereocenters. The average Bonchev–Trinajstić information content (AvgIpc) is 2.50. The van der Waals surface area contributed by atoms with Crippen molar-refractivity contribution in [3.8, 4) is 0 Å². The van der Waals surface area contributed by atoms with Crippen molar-refractivity contribution < 1.29 is 0 Å². The summed E-state index contributed by atoms with van der Waals surface area (Å²) in [7, 11) is 4.30. The molecule has 0 amide bonds. The van der Waals surface area contributed by atoms with Gasteiger partial charge < -0.3 is 10.2 Å². The highest BCUT2D eigenvalue weighted by atomic mass is 15.1. The molecule has 0 bridgehead atoms. The first kappa shape index (κ1) is 10.0. The van der Waals surface area contributed by atoms with Gasteiger partial charge in [-0.3, -0.25) is 0 Å². The van der Waals surface area contributed by atoms with Crippen LogP contribution in [-0.4, -0.2) is 37.6 Å². The zero-order valence-electron chi connectivity index (χ0n) is 8.69. The monoisotopic (exact) mass is 170 g/mol. The average molecular weight is 170 g/mol. The summed E-state index contributed by atoms with van der Waals surface area (Å²) in [5.74, 6) is 0. The van der Waals surface area contributed by atoms with Gasteiger partial charge in [0, 0.05) is 5.54 Å². The van der Waals surface area contributed by atoms with Gasteiger partial charge in [0.1, 0.15) is 0 Å². The van der Waals surface area contributed by atoms with Crippen molar-refractivity contribution in [1.29, 1.82) is 0 Å². The fourth-order valence-electron chi connectivity index (χ4n) is 2.00. The van der Waals surface area contributed by atoms with E-state index in [0.717, 1.165) is 0 Å². The molecule has 1 heterocycles. The van der Waals surface area contributed by atoms with Crippen molar-refractivity contribution in [2.45, 2.75) is 38.1 Å². The Bertz CT molecular complexity index is 126. The van der Waals surface area contributed by atoms with Crippen molar-refractivity contribution in [2.75, 3.05) is 27.2 Å². The third-order valence-corrected chi connectivity index (χ3v) is 3.05. The molecule has 1 atom stereocenters. The highest BCUT2D eigenvalue weighted by Gasteiger charge is 2.30. The standard InChI is InChI=1S/C10H22N2/c1-4-10(6-5-8-11-10)7-9-12(2)3/h11H,4-9H2,1-3H3. The highest BCUT2D eigenvalue weighted by molar-refractivity contribution is 4.91. The maximum absolute atomic E-state index is 3.65. The minimum absolute atomic E-state index is 0.476. The van der Waals surface area contributed by atoms with Crippen LogP contribution in [0, 0.1) is 0 Å². The number of hydrogen-bond acceptors (Lipinski definition) is 2. The van der Waals surface area contributed by atoms with E-state index in [9.17, 15) is 0 Å². The quantitative estimate of drug-likeness (QED) is 0.687. The van der Waals surface area contributed by atoms with E-state index >= 15 is 0 Å². The lowest BCUT2D eigenvalue weighted by Crippen LogP contribution is -2.41. The van der Waals surface area contributed by atoms with Crippen LogP contribution in [0.15, 0.2) is 0 Å². The van der Waals surface area contributed by atoms with Crippen molar-refractivity contribution >= 4 is 0 Å². The van der Waals surface area contributed by atoms with Crippen molar-refractivity contribution in [2.24, 2.45) is 0 Å². The van der Waals surface area contributed by atoms with E-state index in [1.165, 1.54) is 38.8 Å². The van der Waals surface area contributed by atoms with Crippen LogP contribution in [0.1, 0.15) is 32.6 Å². The largest absolute Gasteiger partial charge is 0.311 e. The molecule has 1 N–H and O–H groups in total. The summed E-state index contributed by atoms with van der Waals surface area (Å²) in [6.45, 7) is 4.73. The van der Waals surface area contributed by atoms with Crippen LogP contribution >= 0.6 is 0 Å². The van der Waals surface area contributed by atoms with Gasteiger partial charge in [-0.05, 0) is 52.9 Å². The number of hydrogen-bond donors (Lipinski definition) is 1. The van der Waals surface area contributed by atoms with Crippen LogP contribution < -0.4 is 5.32 Å². The highest BCUT2D eigenvalue weighted by Crippen LogP contribution is 2.26. The SMILES string of the molecule is CCC1(CCN(C)C)CCCN1. The molecule has 1 aliphatic rings. The number of nitrogens with zero attached hydrogens (tertiary/aromatic N) is 1. The molecule has 2 nitrogen and oxygen atoms in total. The molecule has 0 aromatic carbocycles. The first-order chi connectivity index (χ1) is 5.68. The molecular formula is C10H22N2. The van der Waals surface area contributed by atoms with Gasteiger partial charge in [-0.2, -0.15) is 0 Å². The molecule has 0 saturated carbocycles. The van der Waals surface area contributed by atoms with Gasteiger partial charge in [0.25, 0.3) is 0 Å². The molecule has 0 aliphatic carbocycles. The van der Waals surface area contributed by atoms with Gasteiger partial charge >= 0.3 is 0 Å². The van der Waals surface area contributed by atoms with Crippen LogP contribution in [-0.2, 0) is 0 Å². The molecule has 0 aromatic heterocycles. The van der Waals surface area contributed by atoms with E-state index in [2.05, 4.69) is 31.2 Å². The van der Waals surface area contributed by atoms with Crippen molar-refractivity contribution in [3.05, 3.63) is 0 Å². The lowest BCUT2D eigenvalue weighted by Gasteiger charge is -2.29. The third kappa shape index (κ3) is 2.46. The van der Waals surface area contributed by atoms with Gasteiger partial charge in [0.2, 0.25) is 0 Å². The Kier molecular flexibility index (Phi) is 3.53. The molecular weight excluding hydrogens is 148 g/mol. The van der Waals surface area contributed by atoms with E-state index in [1.807, 2.05) is 0 Å². The predicted molar refractivity (Wildman–Crippen MR) is 53.4 cm³/mol. The first-order valence-corrected chi connectivity index (χ1v) is 5.08. The lowest BCUT2D eigenvalue weighted by molar-refractivity contribution is 0.281. The molecule has 0 spiro atoms. The van der Waals surface area contributed by atoms with Gasteiger partial charge in [-0.15, -0.1) is 0 Å². The van der Waals surface area contributed by atoms with Crippen molar-refractivity contribution in [3.63, 3.8) is 0 Å². The molecule has 1 fully saturated rings. The summed E-state index contributed by atoms with van der Waals surface area (Å²) in [5, 5.41) is 3.65. The van der Waals surface area contributed by atoms with Crippen LogP contribution in [0.3, 0.4) is 0 Å². The maximum Gasteiger partial charge on any atom is 0.0191 e. The molecule has 12 heavy (non-hydrogen) atoms. The Hall–Kier alpha value is -0.0800. The van der Waals surface area contributed by atoms with Crippen LogP contribution in [0.5, 0.6) is 0 Å². The predicted octanol–water partition coefficient (Wildman–Crippen LogP) is 1.47. The second kappa shape index (κ2) is 4.24. The maximum atomic E-state index is 3.65. The fourth-order valence-corrected chi connectivity index (χ4v) is 2.00.